The van der Waals surface area contributed by atoms with Crippen molar-refractivity contribution in [3.8, 4) is 11.4 Å². The van der Waals surface area contributed by atoms with E-state index in [4.69, 9.17) is 9.97 Å². The SMILES string of the molecule is Cc1nc(-c2ccccc2)nc(C)c1C[C@@H]1C[C@@H]2c3cccc4[nH]cc(c34)C[C@H]2N(C)C1. The van der Waals surface area contributed by atoms with Crippen LogP contribution in [0.4, 0.5) is 0 Å². The number of piperidine rings is 1. The summed E-state index contributed by atoms with van der Waals surface area (Å²) >= 11 is 0. The number of fused-ring (bicyclic) bond motifs is 2. The largest absolute Gasteiger partial charge is 0.361 e. The molecule has 4 heteroatoms. The second-order valence-electron chi connectivity index (χ2n) is 9.77. The van der Waals surface area contributed by atoms with Gasteiger partial charge in [-0.3, -0.25) is 0 Å². The van der Waals surface area contributed by atoms with E-state index in [2.05, 4.69) is 67.3 Å². The summed E-state index contributed by atoms with van der Waals surface area (Å²) in [4.78, 5) is 15.9. The third kappa shape index (κ3) is 3.17. The zero-order chi connectivity index (χ0) is 21.8. The zero-order valence-corrected chi connectivity index (χ0v) is 19.1. The Kier molecular flexibility index (Phi) is 4.65. The Labute approximate surface area is 189 Å². The summed E-state index contributed by atoms with van der Waals surface area (Å²) in [6.07, 6.45) is 5.66. The van der Waals surface area contributed by atoms with E-state index in [0.29, 0.717) is 17.9 Å². The molecule has 4 nitrogen and oxygen atoms in total. The molecule has 0 bridgehead atoms. The summed E-state index contributed by atoms with van der Waals surface area (Å²) in [6.45, 7) is 5.44. The van der Waals surface area contributed by atoms with Gasteiger partial charge in [0.1, 0.15) is 0 Å². The topological polar surface area (TPSA) is 44.8 Å². The minimum Gasteiger partial charge on any atom is -0.361 e. The number of benzene rings is 2. The summed E-state index contributed by atoms with van der Waals surface area (Å²) in [5.74, 6) is 2.04. The number of nitrogens with one attached hydrogen (secondary N) is 1. The molecular weight excluding hydrogens is 392 g/mol. The first-order valence-corrected chi connectivity index (χ1v) is 11.8. The molecule has 2 aromatic heterocycles. The van der Waals surface area contributed by atoms with Gasteiger partial charge in [0.25, 0.3) is 0 Å². The van der Waals surface area contributed by atoms with E-state index in [1.54, 1.807) is 0 Å². The lowest BCUT2D eigenvalue weighted by atomic mass is 9.71. The van der Waals surface area contributed by atoms with E-state index in [1.807, 2.05) is 18.2 Å². The lowest BCUT2D eigenvalue weighted by molar-refractivity contribution is 0.111. The Balaban J connectivity index is 1.30. The molecule has 2 aromatic carbocycles. The minimum atomic E-state index is 0.593. The average molecular weight is 423 g/mol. The van der Waals surface area contributed by atoms with Crippen LogP contribution in [0.25, 0.3) is 22.3 Å². The van der Waals surface area contributed by atoms with Crippen molar-refractivity contribution < 1.29 is 0 Å². The fourth-order valence-corrected chi connectivity index (χ4v) is 6.24. The number of aromatic nitrogens is 3. The fourth-order valence-electron chi connectivity index (χ4n) is 6.24. The van der Waals surface area contributed by atoms with Gasteiger partial charge in [-0.2, -0.15) is 0 Å². The molecule has 1 saturated heterocycles. The van der Waals surface area contributed by atoms with Crippen LogP contribution in [0, 0.1) is 19.8 Å². The molecule has 1 aliphatic heterocycles. The van der Waals surface area contributed by atoms with E-state index in [1.165, 1.54) is 34.0 Å². The number of likely N-dealkylation sites (N-methyl/N-ethyl adjacent to an activating group) is 1. The standard InChI is InChI=1S/C28H30N4/c1-17-23(18(2)31-28(30-17)20-8-5-4-6-9-20)12-19-13-24-22-10-7-11-25-27(22)21(15-29-25)14-26(24)32(3)16-19/h4-11,15,19,24,26,29H,12-14,16H2,1-3H3/t19-,24-,26-/m1/s1. The zero-order valence-electron chi connectivity index (χ0n) is 19.1. The lowest BCUT2D eigenvalue weighted by Gasteiger charge is -2.45. The number of nitrogens with zero attached hydrogens (tertiary/aromatic N) is 3. The first-order chi connectivity index (χ1) is 15.6. The van der Waals surface area contributed by atoms with Gasteiger partial charge in [0.2, 0.25) is 0 Å². The van der Waals surface area contributed by atoms with Crippen LogP contribution < -0.4 is 0 Å². The van der Waals surface area contributed by atoms with Gasteiger partial charge in [0.15, 0.2) is 5.82 Å². The van der Waals surface area contributed by atoms with Gasteiger partial charge in [-0.05, 0) is 68.8 Å². The van der Waals surface area contributed by atoms with E-state index < -0.39 is 0 Å². The van der Waals surface area contributed by atoms with Crippen molar-refractivity contribution in [2.24, 2.45) is 5.92 Å². The fraction of sp³-hybridized carbons (Fsp3) is 0.357. The van der Waals surface area contributed by atoms with Gasteiger partial charge in [-0.1, -0.05) is 42.5 Å². The number of aromatic amines is 1. The Morgan fingerprint density at radius 1 is 1.00 bits per heavy atom. The van der Waals surface area contributed by atoms with Crippen molar-refractivity contribution in [1.82, 2.24) is 19.9 Å². The average Bonchev–Trinajstić information content (AvgIpc) is 3.22. The molecule has 0 unspecified atom stereocenters. The van der Waals surface area contributed by atoms with Gasteiger partial charge in [-0.15, -0.1) is 0 Å². The maximum atomic E-state index is 4.90. The molecule has 0 spiro atoms. The molecule has 1 fully saturated rings. The molecule has 0 amide bonds. The molecule has 6 rings (SSSR count). The highest BCUT2D eigenvalue weighted by atomic mass is 15.1. The highest BCUT2D eigenvalue weighted by molar-refractivity contribution is 5.88. The summed E-state index contributed by atoms with van der Waals surface area (Å²) in [7, 11) is 2.32. The molecule has 162 valence electrons. The summed E-state index contributed by atoms with van der Waals surface area (Å²) < 4.78 is 0. The number of H-pyrrole nitrogens is 1. The Morgan fingerprint density at radius 2 is 1.78 bits per heavy atom. The second kappa shape index (κ2) is 7.56. The predicted octanol–water partition coefficient (Wildman–Crippen LogP) is 5.44. The van der Waals surface area contributed by atoms with E-state index in [9.17, 15) is 0 Å². The molecular formula is C28H30N4. The third-order valence-electron chi connectivity index (χ3n) is 7.76. The van der Waals surface area contributed by atoms with Crippen LogP contribution in [0.5, 0.6) is 0 Å². The Bertz CT molecular complexity index is 1270. The van der Waals surface area contributed by atoms with Crippen LogP contribution in [0.15, 0.2) is 54.7 Å². The molecule has 4 aromatic rings. The number of likely N-dealkylation sites (tertiary alicyclic amines) is 1. The quantitative estimate of drug-likeness (QED) is 0.478. The molecule has 2 aliphatic rings. The molecule has 0 radical (unpaired) electrons. The van der Waals surface area contributed by atoms with Gasteiger partial charge in [0, 0.05) is 52.6 Å². The maximum absolute atomic E-state index is 4.90. The summed E-state index contributed by atoms with van der Waals surface area (Å²) in [5.41, 5.74) is 8.98. The highest BCUT2D eigenvalue weighted by Gasteiger charge is 2.39. The lowest BCUT2D eigenvalue weighted by Crippen LogP contribution is -2.48. The second-order valence-corrected chi connectivity index (χ2v) is 9.77. The molecule has 0 saturated carbocycles. The first kappa shape index (κ1) is 19.7. The predicted molar refractivity (Wildman–Crippen MR) is 130 cm³/mol. The van der Waals surface area contributed by atoms with Crippen LogP contribution in [0.3, 0.4) is 0 Å². The van der Waals surface area contributed by atoms with Crippen LogP contribution in [0.2, 0.25) is 0 Å². The number of hydrogen-bond donors (Lipinski definition) is 1. The van der Waals surface area contributed by atoms with Crippen LogP contribution in [-0.4, -0.2) is 39.5 Å². The van der Waals surface area contributed by atoms with Crippen LogP contribution in [0.1, 0.15) is 40.4 Å². The molecule has 3 atom stereocenters. The van der Waals surface area contributed by atoms with Gasteiger partial charge in [-0.25, -0.2) is 9.97 Å². The summed E-state index contributed by atoms with van der Waals surface area (Å²) in [6, 6.07) is 17.7. The van der Waals surface area contributed by atoms with Crippen molar-refractivity contribution in [2.75, 3.05) is 13.6 Å². The van der Waals surface area contributed by atoms with E-state index in [-0.39, 0.29) is 0 Å². The van der Waals surface area contributed by atoms with Crippen molar-refractivity contribution in [1.29, 1.82) is 0 Å². The van der Waals surface area contributed by atoms with Crippen LogP contribution >= 0.6 is 0 Å². The van der Waals surface area contributed by atoms with Gasteiger partial charge in [0.05, 0.1) is 0 Å². The van der Waals surface area contributed by atoms with Crippen molar-refractivity contribution in [2.45, 2.75) is 45.1 Å². The smallest absolute Gasteiger partial charge is 0.159 e. The number of hydrogen-bond acceptors (Lipinski definition) is 3. The van der Waals surface area contributed by atoms with Crippen molar-refractivity contribution in [3.05, 3.63) is 82.8 Å². The third-order valence-corrected chi connectivity index (χ3v) is 7.76. The monoisotopic (exact) mass is 422 g/mol. The maximum Gasteiger partial charge on any atom is 0.159 e. The minimum absolute atomic E-state index is 0.593. The number of aryl methyl sites for hydroxylation is 2. The van der Waals surface area contributed by atoms with Gasteiger partial charge >= 0.3 is 0 Å². The highest BCUT2D eigenvalue weighted by Crippen LogP contribution is 2.45. The summed E-state index contributed by atoms with van der Waals surface area (Å²) in [5, 5.41) is 1.48. The first-order valence-electron chi connectivity index (χ1n) is 11.8. The Morgan fingerprint density at radius 3 is 2.56 bits per heavy atom. The van der Waals surface area contributed by atoms with Crippen LogP contribution in [-0.2, 0) is 12.8 Å². The normalized spacial score (nSPS) is 22.8. The van der Waals surface area contributed by atoms with Crippen molar-refractivity contribution in [3.63, 3.8) is 0 Å². The van der Waals surface area contributed by atoms with Crippen molar-refractivity contribution >= 4 is 10.9 Å². The molecule has 1 aliphatic carbocycles. The Hall–Kier alpha value is -2.98. The van der Waals surface area contributed by atoms with E-state index >= 15 is 0 Å². The molecule has 3 heterocycles. The molecule has 1 N–H and O–H groups in total. The molecule has 32 heavy (non-hydrogen) atoms. The van der Waals surface area contributed by atoms with E-state index in [0.717, 1.165) is 42.2 Å². The van der Waals surface area contributed by atoms with Gasteiger partial charge < -0.3 is 9.88 Å². The number of rotatable bonds is 3.